The summed E-state index contributed by atoms with van der Waals surface area (Å²) in [6.07, 6.45) is 13.0. The van der Waals surface area contributed by atoms with E-state index in [1.807, 2.05) is 18.2 Å². The maximum absolute atomic E-state index is 6.13. The number of methoxy groups -OCH3 is 1. The molecule has 0 atom stereocenters. The quantitative estimate of drug-likeness (QED) is 0.695. The van der Waals surface area contributed by atoms with E-state index in [0.29, 0.717) is 15.6 Å². The molecule has 0 bridgehead atoms. The number of benzene rings is 1. The number of ether oxygens (including phenoxy) is 2. The number of aromatic nitrogens is 1. The van der Waals surface area contributed by atoms with E-state index in [9.17, 15) is 0 Å². The van der Waals surface area contributed by atoms with Gasteiger partial charge in [0.05, 0.1) is 23.3 Å². The molecule has 0 saturated heterocycles. The van der Waals surface area contributed by atoms with Crippen molar-refractivity contribution >= 4 is 29.3 Å². The summed E-state index contributed by atoms with van der Waals surface area (Å²) >= 11 is 12.3. The molecule has 1 radical (unpaired) electrons. The van der Waals surface area contributed by atoms with Gasteiger partial charge in [-0.15, -0.1) is 0 Å². The van der Waals surface area contributed by atoms with Crippen molar-refractivity contribution in [2.75, 3.05) is 7.11 Å². The lowest BCUT2D eigenvalue weighted by Gasteiger charge is -2.16. The van der Waals surface area contributed by atoms with E-state index in [2.05, 4.69) is 11.1 Å². The molecular weight excluding hydrogens is 345 g/mol. The van der Waals surface area contributed by atoms with Crippen molar-refractivity contribution in [1.82, 2.24) is 4.98 Å². The first-order chi connectivity index (χ1) is 11.7. The van der Waals surface area contributed by atoms with Crippen LogP contribution in [0.5, 0.6) is 11.5 Å². The molecule has 1 aromatic carbocycles. The summed E-state index contributed by atoms with van der Waals surface area (Å²) < 4.78 is 11.5. The van der Waals surface area contributed by atoms with Crippen molar-refractivity contribution in [2.45, 2.75) is 31.8 Å². The van der Waals surface area contributed by atoms with Gasteiger partial charge in [0.2, 0.25) is 0 Å². The van der Waals surface area contributed by atoms with Crippen molar-refractivity contribution in [3.63, 3.8) is 0 Å². The van der Waals surface area contributed by atoms with Gasteiger partial charge in [0.25, 0.3) is 0 Å². The zero-order chi connectivity index (χ0) is 16.9. The zero-order valence-electron chi connectivity index (χ0n) is 13.4. The van der Waals surface area contributed by atoms with Gasteiger partial charge >= 0.3 is 0 Å². The predicted octanol–water partition coefficient (Wildman–Crippen LogP) is 5.58. The Hall–Kier alpha value is -1.71. The molecule has 3 rings (SSSR count). The van der Waals surface area contributed by atoms with Crippen LogP contribution >= 0.6 is 23.2 Å². The van der Waals surface area contributed by atoms with E-state index >= 15 is 0 Å². The molecule has 5 heteroatoms. The van der Waals surface area contributed by atoms with Gasteiger partial charge in [-0.25, -0.2) is 0 Å². The molecule has 2 aromatic rings. The molecule has 0 spiro atoms. The van der Waals surface area contributed by atoms with Crippen LogP contribution in [0.4, 0.5) is 0 Å². The monoisotopic (exact) mass is 362 g/mol. The highest BCUT2D eigenvalue weighted by Crippen LogP contribution is 2.33. The maximum atomic E-state index is 6.13. The third-order valence-electron chi connectivity index (χ3n) is 4.03. The number of hydrogen-bond donors (Lipinski definition) is 0. The van der Waals surface area contributed by atoms with Crippen LogP contribution in [-0.4, -0.2) is 18.2 Å². The van der Waals surface area contributed by atoms with Gasteiger partial charge < -0.3 is 9.47 Å². The molecule has 1 fully saturated rings. The van der Waals surface area contributed by atoms with Crippen LogP contribution in [0.1, 0.15) is 36.8 Å². The number of nitrogens with zero attached hydrogens (tertiary/aromatic N) is 1. The van der Waals surface area contributed by atoms with Gasteiger partial charge in [0.15, 0.2) is 11.5 Å². The van der Waals surface area contributed by atoms with Crippen molar-refractivity contribution in [2.24, 2.45) is 0 Å². The molecule has 1 aliphatic carbocycles. The van der Waals surface area contributed by atoms with Gasteiger partial charge in [-0.05, 0) is 55.5 Å². The fraction of sp³-hybridized carbons (Fsp3) is 0.316. The Morgan fingerprint density at radius 2 is 1.83 bits per heavy atom. The van der Waals surface area contributed by atoms with Crippen molar-refractivity contribution in [1.29, 1.82) is 0 Å². The zero-order valence-corrected chi connectivity index (χ0v) is 14.9. The van der Waals surface area contributed by atoms with Gasteiger partial charge in [0, 0.05) is 18.0 Å². The lowest BCUT2D eigenvalue weighted by atomic mass is 10.1. The lowest BCUT2D eigenvalue weighted by molar-refractivity contribution is 0.200. The Morgan fingerprint density at radius 3 is 2.50 bits per heavy atom. The summed E-state index contributed by atoms with van der Waals surface area (Å²) in [5.41, 5.74) is 1.56. The van der Waals surface area contributed by atoms with Crippen LogP contribution in [-0.2, 0) is 0 Å². The molecule has 125 valence electrons. The lowest BCUT2D eigenvalue weighted by Crippen LogP contribution is -2.11. The highest BCUT2D eigenvalue weighted by atomic mass is 35.5. The minimum Gasteiger partial charge on any atom is -0.493 e. The van der Waals surface area contributed by atoms with Crippen LogP contribution in [0.3, 0.4) is 0 Å². The number of rotatable bonds is 5. The Morgan fingerprint density at radius 1 is 1.12 bits per heavy atom. The normalized spacial score (nSPS) is 15.1. The van der Waals surface area contributed by atoms with E-state index in [0.717, 1.165) is 29.9 Å². The van der Waals surface area contributed by atoms with Crippen molar-refractivity contribution in [3.8, 4) is 11.5 Å². The van der Waals surface area contributed by atoms with Crippen molar-refractivity contribution < 1.29 is 9.47 Å². The molecule has 1 saturated carbocycles. The summed E-state index contributed by atoms with van der Waals surface area (Å²) in [5, 5.41) is 0.983. The molecule has 0 amide bonds. The number of hydrogen-bond acceptors (Lipinski definition) is 3. The summed E-state index contributed by atoms with van der Waals surface area (Å²) in [7, 11) is 1.65. The van der Waals surface area contributed by atoms with Crippen molar-refractivity contribution in [3.05, 3.63) is 57.8 Å². The largest absolute Gasteiger partial charge is 0.493 e. The third-order valence-corrected chi connectivity index (χ3v) is 4.64. The summed E-state index contributed by atoms with van der Waals surface area (Å²) in [4.78, 5) is 3.95. The van der Waals surface area contributed by atoms with Gasteiger partial charge in [-0.2, -0.15) is 0 Å². The first kappa shape index (κ1) is 17.1. The minimum atomic E-state index is 0.266. The Bertz CT molecular complexity index is 720. The third kappa shape index (κ3) is 4.03. The highest BCUT2D eigenvalue weighted by molar-refractivity contribution is 6.36. The molecular formula is C19H18Cl2NO2. The van der Waals surface area contributed by atoms with E-state index in [1.54, 1.807) is 25.6 Å². The highest BCUT2D eigenvalue weighted by Gasteiger charge is 2.18. The predicted molar refractivity (Wildman–Crippen MR) is 96.9 cm³/mol. The SMILES string of the molecule is COc1ccc(/[C]=C\c2c(Cl)cncc2Cl)cc1OC1CCCC1. The van der Waals surface area contributed by atoms with Crippen LogP contribution in [0.25, 0.3) is 6.08 Å². The van der Waals surface area contributed by atoms with E-state index in [-0.39, 0.29) is 6.10 Å². The fourth-order valence-electron chi connectivity index (χ4n) is 2.76. The summed E-state index contributed by atoms with van der Waals surface area (Å²) in [6, 6.07) is 5.73. The second-order valence-corrected chi connectivity index (χ2v) is 6.51. The average Bonchev–Trinajstić information content (AvgIpc) is 3.08. The van der Waals surface area contributed by atoms with Gasteiger partial charge in [0.1, 0.15) is 0 Å². The molecule has 0 aliphatic heterocycles. The topological polar surface area (TPSA) is 31.4 Å². The van der Waals surface area contributed by atoms with Crippen LogP contribution in [0, 0.1) is 6.08 Å². The molecule has 3 nitrogen and oxygen atoms in total. The Kier molecular flexibility index (Phi) is 5.64. The summed E-state index contributed by atoms with van der Waals surface area (Å²) in [6.45, 7) is 0. The number of halogens is 2. The van der Waals surface area contributed by atoms with Crippen LogP contribution in [0.15, 0.2) is 30.6 Å². The van der Waals surface area contributed by atoms with E-state index in [1.165, 1.54) is 12.8 Å². The Balaban J connectivity index is 1.84. The molecule has 1 aliphatic rings. The number of pyridine rings is 1. The second kappa shape index (κ2) is 7.91. The van der Waals surface area contributed by atoms with Gasteiger partial charge in [-0.1, -0.05) is 29.3 Å². The Labute approximate surface area is 152 Å². The minimum absolute atomic E-state index is 0.266. The standard InChI is InChI=1S/C19H18Cl2NO2/c1-23-18-9-7-13(10-19(18)24-14-4-2-3-5-14)6-8-15-16(20)11-22-12-17(15)21/h7-12,14H,2-5H2,1H3. The van der Waals surface area contributed by atoms with Crippen LogP contribution < -0.4 is 9.47 Å². The summed E-state index contributed by atoms with van der Waals surface area (Å²) in [5.74, 6) is 1.47. The van der Waals surface area contributed by atoms with Gasteiger partial charge in [-0.3, -0.25) is 4.98 Å². The smallest absolute Gasteiger partial charge is 0.162 e. The first-order valence-corrected chi connectivity index (χ1v) is 8.66. The van der Waals surface area contributed by atoms with E-state index < -0.39 is 0 Å². The fourth-order valence-corrected chi connectivity index (χ4v) is 3.23. The molecule has 1 heterocycles. The van der Waals surface area contributed by atoms with Crippen LogP contribution in [0.2, 0.25) is 10.0 Å². The van der Waals surface area contributed by atoms with E-state index in [4.69, 9.17) is 32.7 Å². The molecule has 0 N–H and O–H groups in total. The molecule has 24 heavy (non-hydrogen) atoms. The first-order valence-electron chi connectivity index (χ1n) is 7.91. The molecule has 1 aromatic heterocycles. The molecule has 0 unspecified atom stereocenters. The average molecular weight is 363 g/mol. The second-order valence-electron chi connectivity index (χ2n) is 5.70. The maximum Gasteiger partial charge on any atom is 0.162 e.